The summed E-state index contributed by atoms with van der Waals surface area (Å²) in [4.78, 5) is 10.3. The van der Waals surface area contributed by atoms with Crippen molar-refractivity contribution in [1.29, 1.82) is 0 Å². The third kappa shape index (κ3) is 4.18. The van der Waals surface area contributed by atoms with Crippen molar-refractivity contribution in [2.24, 2.45) is 0 Å². The summed E-state index contributed by atoms with van der Waals surface area (Å²) in [5.41, 5.74) is -0.369. The molecule has 1 aliphatic heterocycles. The Hall–Kier alpha value is -2.25. The average Bonchev–Trinajstić information content (AvgIpc) is 2.76. The minimum Gasteiger partial charge on any atom is -0.490 e. The van der Waals surface area contributed by atoms with Crippen molar-refractivity contribution in [3.63, 3.8) is 0 Å². The molecule has 0 saturated carbocycles. The SMILES string of the molecule is Cc1cc(N2CCOC[C@@](O)(COc3cccc(F)c3)C2)ncn1. The number of hydrogen-bond acceptors (Lipinski definition) is 6. The number of halogens is 1. The number of benzene rings is 1. The maximum atomic E-state index is 13.2. The van der Waals surface area contributed by atoms with Gasteiger partial charge in [0.05, 0.1) is 19.8 Å². The van der Waals surface area contributed by atoms with E-state index in [4.69, 9.17) is 9.47 Å². The number of β-amino-alcohol motifs (C(OH)–C–C–N with tert-alkyl or cyclic N) is 1. The van der Waals surface area contributed by atoms with Gasteiger partial charge in [-0.3, -0.25) is 0 Å². The quantitative estimate of drug-likeness (QED) is 0.916. The molecule has 3 rings (SSSR count). The van der Waals surface area contributed by atoms with E-state index in [1.165, 1.54) is 18.5 Å². The van der Waals surface area contributed by atoms with Crippen molar-refractivity contribution in [3.05, 3.63) is 48.2 Å². The number of nitrogens with zero attached hydrogens (tertiary/aromatic N) is 3. The lowest BCUT2D eigenvalue weighted by Gasteiger charge is -2.31. The molecule has 2 heterocycles. The molecule has 1 atom stereocenters. The first kappa shape index (κ1) is 16.6. The molecule has 24 heavy (non-hydrogen) atoms. The van der Waals surface area contributed by atoms with Crippen LogP contribution in [0.25, 0.3) is 0 Å². The van der Waals surface area contributed by atoms with Crippen LogP contribution in [0.2, 0.25) is 0 Å². The third-order valence-corrected chi connectivity index (χ3v) is 3.78. The van der Waals surface area contributed by atoms with Crippen molar-refractivity contribution in [2.75, 3.05) is 37.8 Å². The minimum atomic E-state index is -1.22. The Morgan fingerprint density at radius 3 is 3.04 bits per heavy atom. The lowest BCUT2D eigenvalue weighted by molar-refractivity contribution is -0.0537. The van der Waals surface area contributed by atoms with Crippen molar-refractivity contribution in [3.8, 4) is 5.75 Å². The van der Waals surface area contributed by atoms with Crippen LogP contribution in [0.4, 0.5) is 10.2 Å². The summed E-state index contributed by atoms with van der Waals surface area (Å²) >= 11 is 0. The fourth-order valence-electron chi connectivity index (χ4n) is 2.59. The Labute approximate surface area is 139 Å². The zero-order valence-corrected chi connectivity index (χ0v) is 13.5. The summed E-state index contributed by atoms with van der Waals surface area (Å²) in [5.74, 6) is 0.726. The maximum Gasteiger partial charge on any atom is 0.139 e. The van der Waals surface area contributed by atoms with Gasteiger partial charge >= 0.3 is 0 Å². The van der Waals surface area contributed by atoms with E-state index in [1.54, 1.807) is 12.1 Å². The van der Waals surface area contributed by atoms with Gasteiger partial charge < -0.3 is 19.5 Å². The second-order valence-corrected chi connectivity index (χ2v) is 5.96. The molecule has 7 heteroatoms. The predicted octanol–water partition coefficient (Wildman–Crippen LogP) is 1.57. The number of rotatable bonds is 4. The highest BCUT2D eigenvalue weighted by molar-refractivity contribution is 5.39. The average molecular weight is 333 g/mol. The van der Waals surface area contributed by atoms with E-state index in [-0.39, 0.29) is 19.0 Å². The second kappa shape index (κ2) is 7.11. The van der Waals surface area contributed by atoms with Gasteiger partial charge in [0, 0.05) is 24.4 Å². The van der Waals surface area contributed by atoms with Crippen LogP contribution in [0.1, 0.15) is 5.69 Å². The van der Waals surface area contributed by atoms with E-state index in [9.17, 15) is 9.50 Å². The smallest absolute Gasteiger partial charge is 0.139 e. The van der Waals surface area contributed by atoms with Crippen LogP contribution in [-0.2, 0) is 4.74 Å². The highest BCUT2D eigenvalue weighted by Gasteiger charge is 2.34. The van der Waals surface area contributed by atoms with Gasteiger partial charge in [0.25, 0.3) is 0 Å². The number of ether oxygens (including phenoxy) is 2. The van der Waals surface area contributed by atoms with E-state index in [0.717, 1.165) is 11.5 Å². The van der Waals surface area contributed by atoms with Gasteiger partial charge in [-0.05, 0) is 19.1 Å². The standard InChI is InChI=1S/C17H20FN3O3/c1-13-7-16(20-12-19-13)21-5-6-23-10-17(22,9-21)11-24-15-4-2-3-14(18)8-15/h2-4,7-8,12,22H,5-6,9-11H2,1H3/t17-/m1/s1. The molecule has 128 valence electrons. The fraction of sp³-hybridized carbons (Fsp3) is 0.412. The van der Waals surface area contributed by atoms with Crippen LogP contribution in [0.15, 0.2) is 36.7 Å². The van der Waals surface area contributed by atoms with Crippen LogP contribution >= 0.6 is 0 Å². The van der Waals surface area contributed by atoms with E-state index in [0.29, 0.717) is 25.4 Å². The van der Waals surface area contributed by atoms with E-state index < -0.39 is 5.60 Å². The number of aryl methyl sites for hydroxylation is 1. The van der Waals surface area contributed by atoms with Crippen LogP contribution in [0.3, 0.4) is 0 Å². The van der Waals surface area contributed by atoms with Crippen LogP contribution in [-0.4, -0.2) is 53.6 Å². The van der Waals surface area contributed by atoms with Gasteiger partial charge in [-0.2, -0.15) is 0 Å². The molecule has 0 radical (unpaired) electrons. The summed E-state index contributed by atoms with van der Waals surface area (Å²) < 4.78 is 24.3. The highest BCUT2D eigenvalue weighted by Crippen LogP contribution is 2.20. The van der Waals surface area contributed by atoms with Gasteiger partial charge in [-0.25, -0.2) is 14.4 Å². The van der Waals surface area contributed by atoms with E-state index >= 15 is 0 Å². The largest absolute Gasteiger partial charge is 0.490 e. The van der Waals surface area contributed by atoms with E-state index in [2.05, 4.69) is 9.97 Å². The lowest BCUT2D eigenvalue weighted by Crippen LogP contribution is -2.49. The van der Waals surface area contributed by atoms with Gasteiger partial charge in [0.15, 0.2) is 0 Å². The summed E-state index contributed by atoms with van der Waals surface area (Å²) in [6.45, 7) is 3.42. The first-order valence-electron chi connectivity index (χ1n) is 7.76. The normalized spacial score (nSPS) is 21.4. The molecule has 0 bridgehead atoms. The second-order valence-electron chi connectivity index (χ2n) is 5.96. The topological polar surface area (TPSA) is 67.7 Å². The molecule has 1 aromatic heterocycles. The molecule has 0 aliphatic carbocycles. The van der Waals surface area contributed by atoms with Crippen LogP contribution < -0.4 is 9.64 Å². The number of aromatic nitrogens is 2. The molecule has 6 nitrogen and oxygen atoms in total. The Balaban J connectivity index is 1.71. The lowest BCUT2D eigenvalue weighted by atomic mass is 10.1. The molecule has 0 amide bonds. The number of hydrogen-bond donors (Lipinski definition) is 1. The summed E-state index contributed by atoms with van der Waals surface area (Å²) in [6, 6.07) is 7.70. The van der Waals surface area contributed by atoms with Gasteiger partial charge in [-0.15, -0.1) is 0 Å². The van der Waals surface area contributed by atoms with Crippen LogP contribution in [0.5, 0.6) is 5.75 Å². The molecule has 2 aromatic rings. The molecule has 0 unspecified atom stereocenters. The summed E-state index contributed by atoms with van der Waals surface area (Å²) in [6.07, 6.45) is 1.50. The highest BCUT2D eigenvalue weighted by atomic mass is 19.1. The van der Waals surface area contributed by atoms with Gasteiger partial charge in [-0.1, -0.05) is 6.07 Å². The number of aliphatic hydroxyl groups is 1. The first-order valence-corrected chi connectivity index (χ1v) is 7.76. The Bertz CT molecular complexity index is 700. The van der Waals surface area contributed by atoms with Crippen LogP contribution in [0, 0.1) is 12.7 Å². The zero-order chi connectivity index (χ0) is 17.0. The number of anilines is 1. The summed E-state index contributed by atoms with van der Waals surface area (Å²) in [5, 5.41) is 10.9. The Morgan fingerprint density at radius 1 is 1.38 bits per heavy atom. The minimum absolute atomic E-state index is 0.00296. The summed E-state index contributed by atoms with van der Waals surface area (Å²) in [7, 11) is 0. The van der Waals surface area contributed by atoms with Crippen molar-refractivity contribution in [2.45, 2.75) is 12.5 Å². The Kier molecular flexibility index (Phi) is 4.92. The van der Waals surface area contributed by atoms with Gasteiger partial charge in [0.1, 0.15) is 35.9 Å². The fourth-order valence-corrected chi connectivity index (χ4v) is 2.59. The zero-order valence-electron chi connectivity index (χ0n) is 13.5. The van der Waals surface area contributed by atoms with Gasteiger partial charge in [0.2, 0.25) is 0 Å². The monoisotopic (exact) mass is 333 g/mol. The first-order chi connectivity index (χ1) is 11.5. The van der Waals surface area contributed by atoms with Crippen molar-refractivity contribution >= 4 is 5.82 Å². The predicted molar refractivity (Wildman–Crippen MR) is 86.6 cm³/mol. The Morgan fingerprint density at radius 2 is 2.25 bits per heavy atom. The molecule has 0 spiro atoms. The molecule has 1 N–H and O–H groups in total. The van der Waals surface area contributed by atoms with Crippen molar-refractivity contribution < 1.29 is 19.0 Å². The molecule has 1 aromatic carbocycles. The maximum absolute atomic E-state index is 13.2. The third-order valence-electron chi connectivity index (χ3n) is 3.78. The van der Waals surface area contributed by atoms with E-state index in [1.807, 2.05) is 17.9 Å². The molecular formula is C17H20FN3O3. The van der Waals surface area contributed by atoms with Crippen molar-refractivity contribution in [1.82, 2.24) is 9.97 Å². The molecule has 1 fully saturated rings. The molecule has 1 saturated heterocycles. The molecular weight excluding hydrogens is 313 g/mol. The molecule has 1 aliphatic rings.